The number of hydrogen-bond donors (Lipinski definition) is 0. The van der Waals surface area contributed by atoms with Gasteiger partial charge in [0.05, 0.1) is 0 Å². The molecule has 0 saturated heterocycles. The van der Waals surface area contributed by atoms with Gasteiger partial charge in [-0.15, -0.1) is 0 Å². The standard InChI is InChI=1S/2Hg.2O. The van der Waals surface area contributed by atoms with E-state index >= 15 is 0 Å². The molecule has 0 radical (unpaired) electrons. The van der Waals surface area contributed by atoms with Gasteiger partial charge < -0.3 is 0 Å². The van der Waals surface area contributed by atoms with Crippen molar-refractivity contribution in [1.82, 2.24) is 0 Å². The Bertz CT molecular complexity index is 6.00. The third kappa shape index (κ3) is 9.80. The first-order valence-electron chi connectivity index (χ1n) is 0.577. The molecule has 0 aromatic carbocycles. The van der Waals surface area contributed by atoms with Crippen LogP contribution in [0.3, 0.4) is 0 Å². The van der Waals surface area contributed by atoms with Crippen LogP contribution in [0.15, 0.2) is 0 Å². The molecule has 4 heavy (non-hydrogen) atoms. The van der Waals surface area contributed by atoms with E-state index < -0.39 is 0 Å². The molecular formula is Hg2O2. The molecule has 16 valence electrons. The van der Waals surface area contributed by atoms with Gasteiger partial charge in [0.1, 0.15) is 0 Å². The molecule has 0 aliphatic rings. The van der Waals surface area contributed by atoms with Crippen LogP contribution >= 0.6 is 0 Å². The van der Waals surface area contributed by atoms with Gasteiger partial charge in [-0.3, -0.25) is 0 Å². The van der Waals surface area contributed by atoms with Crippen molar-refractivity contribution < 1.29 is 57.6 Å². The molecule has 0 fully saturated rings. The van der Waals surface area contributed by atoms with Crippen LogP contribution in [0.4, 0.5) is 0 Å². The second-order valence-electron chi connectivity index (χ2n) is 0. The zero-order valence-electron chi connectivity index (χ0n) is 2.23. The third-order valence-corrected chi connectivity index (χ3v) is 0. The van der Waals surface area contributed by atoms with Crippen LogP contribution in [0.1, 0.15) is 0 Å². The van der Waals surface area contributed by atoms with Crippen molar-refractivity contribution in [1.29, 1.82) is 0 Å². The minimum absolute atomic E-state index is 0.222. The Labute approximate surface area is 56.9 Å². The number of rotatable bonds is 0. The molecule has 0 aliphatic heterocycles. The van der Waals surface area contributed by atoms with Gasteiger partial charge in [0.15, 0.2) is 0 Å². The van der Waals surface area contributed by atoms with E-state index in [0.717, 1.165) is 0 Å². The SMILES string of the molecule is [O]=[Hg].[O]=[Hg]. The summed E-state index contributed by atoms with van der Waals surface area (Å²) in [4.78, 5) is 0. The third-order valence-electron chi connectivity index (χ3n) is 0. The summed E-state index contributed by atoms with van der Waals surface area (Å²) >= 11 is -0.444. The van der Waals surface area contributed by atoms with E-state index in [2.05, 4.69) is 0 Å². The Hall–Kier alpha value is 1.47. The van der Waals surface area contributed by atoms with Gasteiger partial charge in [-0.2, -0.15) is 0 Å². The molecule has 0 bridgehead atoms. The van der Waals surface area contributed by atoms with Crippen LogP contribution in [-0.4, -0.2) is 0 Å². The van der Waals surface area contributed by atoms with Gasteiger partial charge in [0, 0.05) is 0 Å². The summed E-state index contributed by atoms with van der Waals surface area (Å²) in [6.45, 7) is 0. The van der Waals surface area contributed by atoms with E-state index in [1.54, 1.807) is 0 Å². The van der Waals surface area contributed by atoms with E-state index in [-0.39, 0.29) is 52.3 Å². The fourth-order valence-electron chi connectivity index (χ4n) is 0. The first kappa shape index (κ1) is 9.08. The van der Waals surface area contributed by atoms with E-state index in [1.165, 1.54) is 0 Å². The molecule has 0 saturated carbocycles. The average molecular weight is 433 g/mol. The van der Waals surface area contributed by atoms with E-state index in [9.17, 15) is 0 Å². The van der Waals surface area contributed by atoms with Gasteiger partial charge in [-0.25, -0.2) is 0 Å². The summed E-state index contributed by atoms with van der Waals surface area (Å²) < 4.78 is 16.9. The van der Waals surface area contributed by atoms with Crippen molar-refractivity contribution in [2.24, 2.45) is 0 Å². The van der Waals surface area contributed by atoms with Crippen LogP contribution in [0.5, 0.6) is 0 Å². The fourth-order valence-corrected chi connectivity index (χ4v) is 0. The van der Waals surface area contributed by atoms with Gasteiger partial charge in [-0.05, 0) is 0 Å². The molecule has 0 rings (SSSR count). The summed E-state index contributed by atoms with van der Waals surface area (Å²) in [5, 5.41) is 0. The molecule has 0 N–H and O–H groups in total. The quantitative estimate of drug-likeness (QED) is 0.495. The maximum atomic E-state index is 8.44. The average Bonchev–Trinajstić information content (AvgIpc) is 1.50. The Kier molecular flexibility index (Phi) is 56.5. The molecule has 4 heteroatoms. The summed E-state index contributed by atoms with van der Waals surface area (Å²) in [5.41, 5.74) is 0. The normalized spacial score (nSPS) is 3.00. The van der Waals surface area contributed by atoms with Crippen LogP contribution in [0.2, 0.25) is 0 Å². The molecular weight excluding hydrogens is 433 g/mol. The first-order valence-corrected chi connectivity index (χ1v) is 5.07. The Morgan fingerprint density at radius 1 is 0.750 bits per heavy atom. The first-order chi connectivity index (χ1) is 2.00. The van der Waals surface area contributed by atoms with Gasteiger partial charge in [0.2, 0.25) is 0 Å². The van der Waals surface area contributed by atoms with Crippen LogP contribution in [-0.2, 0) is 57.6 Å². The van der Waals surface area contributed by atoms with Gasteiger partial charge in [0.25, 0.3) is 0 Å². The topological polar surface area (TPSA) is 34.1 Å². The minimum atomic E-state index is -0.222. The summed E-state index contributed by atoms with van der Waals surface area (Å²) in [6, 6.07) is 0. The predicted octanol–water partition coefficient (Wildman–Crippen LogP) is -0.243. The van der Waals surface area contributed by atoms with E-state index in [1.807, 2.05) is 0 Å². The predicted molar refractivity (Wildman–Crippen MR) is 1.37 cm³/mol. The molecule has 0 unspecified atom stereocenters. The van der Waals surface area contributed by atoms with Crippen molar-refractivity contribution in [2.45, 2.75) is 0 Å². The molecule has 0 atom stereocenters. The van der Waals surface area contributed by atoms with Crippen molar-refractivity contribution in [3.05, 3.63) is 0 Å². The molecule has 0 spiro atoms. The monoisotopic (exact) mass is 436 g/mol. The van der Waals surface area contributed by atoms with Crippen molar-refractivity contribution in [2.75, 3.05) is 0 Å². The van der Waals surface area contributed by atoms with Gasteiger partial charge in [-0.1, -0.05) is 0 Å². The zero-order valence-corrected chi connectivity index (χ0v) is 13.2. The number of hydrogen-bond acceptors (Lipinski definition) is 2. The summed E-state index contributed by atoms with van der Waals surface area (Å²) in [6.07, 6.45) is 0. The molecule has 0 aliphatic carbocycles. The van der Waals surface area contributed by atoms with Crippen molar-refractivity contribution in [3.8, 4) is 0 Å². The van der Waals surface area contributed by atoms with Crippen LogP contribution in [0, 0.1) is 0 Å². The maximum absolute atomic E-state index is 8.44. The zero-order chi connectivity index (χ0) is 4.00. The molecule has 0 aromatic heterocycles. The van der Waals surface area contributed by atoms with Crippen molar-refractivity contribution in [3.63, 3.8) is 0 Å². The van der Waals surface area contributed by atoms with Crippen LogP contribution < -0.4 is 0 Å². The Morgan fingerprint density at radius 2 is 0.750 bits per heavy atom. The summed E-state index contributed by atoms with van der Waals surface area (Å²) in [7, 11) is 0. The van der Waals surface area contributed by atoms with E-state index in [4.69, 9.17) is 5.28 Å². The molecule has 0 amide bonds. The summed E-state index contributed by atoms with van der Waals surface area (Å²) in [5.74, 6) is 0. The van der Waals surface area contributed by atoms with E-state index in [0.29, 0.717) is 0 Å². The molecule has 0 heterocycles. The Balaban J connectivity index is 0. The molecule has 0 aromatic rings. The van der Waals surface area contributed by atoms with Gasteiger partial charge >= 0.3 is 57.6 Å². The van der Waals surface area contributed by atoms with Crippen LogP contribution in [0.25, 0.3) is 0 Å². The van der Waals surface area contributed by atoms with Crippen molar-refractivity contribution >= 4 is 0 Å². The second kappa shape index (κ2) is 24.9. The Morgan fingerprint density at radius 3 is 0.750 bits per heavy atom. The molecule has 2 nitrogen and oxygen atoms in total. The fraction of sp³-hybridized carbons (Fsp3) is 0. The second-order valence-corrected chi connectivity index (χ2v) is 0.